The number of carbonyl (C=O) groups is 2. The second kappa shape index (κ2) is 11.3. The molecular formula is C23H39N3O4. The van der Waals surface area contributed by atoms with Gasteiger partial charge in [0.05, 0.1) is 0 Å². The van der Waals surface area contributed by atoms with E-state index in [0.29, 0.717) is 19.4 Å². The van der Waals surface area contributed by atoms with Crippen molar-refractivity contribution in [2.75, 3.05) is 33.8 Å². The molecule has 0 saturated carbocycles. The van der Waals surface area contributed by atoms with E-state index in [4.69, 9.17) is 4.84 Å². The van der Waals surface area contributed by atoms with Gasteiger partial charge in [-0.3, -0.25) is 4.79 Å². The first-order valence-corrected chi connectivity index (χ1v) is 10.6. The largest absolute Gasteiger partial charge is 0.429 e. The van der Waals surface area contributed by atoms with Gasteiger partial charge in [0, 0.05) is 38.3 Å². The van der Waals surface area contributed by atoms with Crippen LogP contribution in [0.4, 0.5) is 4.79 Å². The first-order valence-electron chi connectivity index (χ1n) is 10.6. The highest BCUT2D eigenvalue weighted by Crippen LogP contribution is 2.22. The Hall–Kier alpha value is -2.12. The highest BCUT2D eigenvalue weighted by molar-refractivity contribution is 5.79. The summed E-state index contributed by atoms with van der Waals surface area (Å²) in [4.78, 5) is 34.3. The quantitative estimate of drug-likeness (QED) is 0.555. The van der Waals surface area contributed by atoms with Crippen molar-refractivity contribution in [3.8, 4) is 0 Å². The Labute approximate surface area is 181 Å². The summed E-state index contributed by atoms with van der Waals surface area (Å²) in [5, 5.41) is 10.5. The van der Waals surface area contributed by atoms with Crippen molar-refractivity contribution in [1.29, 1.82) is 0 Å². The molecule has 1 aromatic rings. The van der Waals surface area contributed by atoms with E-state index in [9.17, 15) is 14.7 Å². The van der Waals surface area contributed by atoms with Crippen LogP contribution in [0.1, 0.15) is 53.0 Å². The molecule has 170 valence electrons. The van der Waals surface area contributed by atoms with Crippen LogP contribution in [-0.2, 0) is 16.1 Å². The van der Waals surface area contributed by atoms with Gasteiger partial charge in [0.25, 0.3) is 0 Å². The van der Waals surface area contributed by atoms with Crippen molar-refractivity contribution in [1.82, 2.24) is 14.9 Å². The number of likely N-dealkylation sites (N-methyl/N-ethyl adjacent to an activating group) is 2. The number of hydrogen-bond donors (Lipinski definition) is 1. The van der Waals surface area contributed by atoms with Crippen LogP contribution in [0.5, 0.6) is 0 Å². The molecule has 30 heavy (non-hydrogen) atoms. The second-order valence-electron chi connectivity index (χ2n) is 8.97. The summed E-state index contributed by atoms with van der Waals surface area (Å²) in [6.45, 7) is 10.3. The topological polar surface area (TPSA) is 73.3 Å². The van der Waals surface area contributed by atoms with Crippen LogP contribution in [0, 0.1) is 0 Å². The van der Waals surface area contributed by atoms with E-state index in [1.165, 1.54) is 5.06 Å². The molecule has 0 aliphatic rings. The van der Waals surface area contributed by atoms with Gasteiger partial charge in [-0.15, -0.1) is 5.06 Å². The number of amides is 2. The molecule has 0 saturated heterocycles. The lowest BCUT2D eigenvalue weighted by molar-refractivity contribution is -0.149. The predicted molar refractivity (Wildman–Crippen MR) is 119 cm³/mol. The molecule has 0 atom stereocenters. The maximum absolute atomic E-state index is 13.0. The maximum Gasteiger partial charge on any atom is 0.429 e. The van der Waals surface area contributed by atoms with Gasteiger partial charge in [-0.1, -0.05) is 37.3 Å². The summed E-state index contributed by atoms with van der Waals surface area (Å²) in [6, 6.07) is 9.93. The minimum absolute atomic E-state index is 0.0174. The third-order valence-corrected chi connectivity index (χ3v) is 5.71. The standard InChI is InChI=1S/C23H39N3O4/c1-8-22(2,3)25(7)20(28)18-24(6)30-21(29)26(15-12-16-27)23(4,5)17-19-13-10-9-11-14-19/h9-11,13-14,27H,8,12,15-18H2,1-7H3. The van der Waals surface area contributed by atoms with Gasteiger partial charge in [-0.2, -0.15) is 0 Å². The SMILES string of the molecule is CCC(C)(C)N(C)C(=O)CN(C)OC(=O)N(CCCO)C(C)(C)Cc1ccccc1. The fourth-order valence-corrected chi connectivity index (χ4v) is 3.15. The fourth-order valence-electron chi connectivity index (χ4n) is 3.15. The minimum Gasteiger partial charge on any atom is -0.396 e. The van der Waals surface area contributed by atoms with E-state index in [2.05, 4.69) is 0 Å². The zero-order valence-corrected chi connectivity index (χ0v) is 19.6. The van der Waals surface area contributed by atoms with Crippen molar-refractivity contribution < 1.29 is 19.5 Å². The summed E-state index contributed by atoms with van der Waals surface area (Å²) in [5.41, 5.74) is 0.308. The fraction of sp³-hybridized carbons (Fsp3) is 0.652. The molecule has 0 bridgehead atoms. The van der Waals surface area contributed by atoms with Crippen LogP contribution >= 0.6 is 0 Å². The lowest BCUT2D eigenvalue weighted by Gasteiger charge is -2.39. The third kappa shape index (κ3) is 7.61. The third-order valence-electron chi connectivity index (χ3n) is 5.71. The molecule has 0 aliphatic carbocycles. The van der Waals surface area contributed by atoms with Gasteiger partial charge >= 0.3 is 6.09 Å². The van der Waals surface area contributed by atoms with Crippen LogP contribution in [-0.4, -0.2) is 76.8 Å². The summed E-state index contributed by atoms with van der Waals surface area (Å²) < 4.78 is 0. The molecule has 7 nitrogen and oxygen atoms in total. The number of hydrogen-bond acceptors (Lipinski definition) is 5. The maximum atomic E-state index is 13.0. The number of benzene rings is 1. The Balaban J connectivity index is 2.83. The summed E-state index contributed by atoms with van der Waals surface area (Å²) in [5.74, 6) is -0.123. The molecule has 2 amide bonds. The highest BCUT2D eigenvalue weighted by atomic mass is 16.7. The van der Waals surface area contributed by atoms with Gasteiger partial charge in [-0.05, 0) is 52.5 Å². The first kappa shape index (κ1) is 25.9. The number of hydroxylamine groups is 2. The summed E-state index contributed by atoms with van der Waals surface area (Å²) in [7, 11) is 3.34. The number of aliphatic hydroxyl groups excluding tert-OH is 1. The molecule has 7 heteroatoms. The molecule has 0 spiro atoms. The number of rotatable bonds is 11. The average molecular weight is 422 g/mol. The zero-order chi connectivity index (χ0) is 22.9. The molecule has 0 aromatic heterocycles. The second-order valence-corrected chi connectivity index (χ2v) is 8.97. The lowest BCUT2D eigenvalue weighted by Crippen LogP contribution is -2.52. The number of nitrogens with zero attached hydrogens (tertiary/aromatic N) is 3. The molecule has 1 N–H and O–H groups in total. The van der Waals surface area contributed by atoms with Crippen LogP contribution in [0.2, 0.25) is 0 Å². The molecule has 0 radical (unpaired) electrons. The monoisotopic (exact) mass is 421 g/mol. The van der Waals surface area contributed by atoms with E-state index < -0.39 is 11.6 Å². The molecule has 1 aromatic carbocycles. The van der Waals surface area contributed by atoms with Crippen molar-refractivity contribution in [3.05, 3.63) is 35.9 Å². The smallest absolute Gasteiger partial charge is 0.396 e. The van der Waals surface area contributed by atoms with Gasteiger partial charge in [-0.25, -0.2) is 4.79 Å². The normalized spacial score (nSPS) is 12.0. The van der Waals surface area contributed by atoms with Gasteiger partial charge < -0.3 is 19.7 Å². The van der Waals surface area contributed by atoms with E-state index >= 15 is 0 Å². The van der Waals surface area contributed by atoms with E-state index in [0.717, 1.165) is 12.0 Å². The van der Waals surface area contributed by atoms with Crippen LogP contribution in [0.25, 0.3) is 0 Å². The molecule has 0 aliphatic heterocycles. The van der Waals surface area contributed by atoms with Crippen LogP contribution in [0.15, 0.2) is 30.3 Å². The average Bonchev–Trinajstić information content (AvgIpc) is 2.67. The molecule has 0 fully saturated rings. The Bertz CT molecular complexity index is 676. The van der Waals surface area contributed by atoms with Crippen LogP contribution < -0.4 is 0 Å². The van der Waals surface area contributed by atoms with E-state index in [-0.39, 0.29) is 24.6 Å². The Morgan fingerprint density at radius 2 is 1.63 bits per heavy atom. The van der Waals surface area contributed by atoms with Gasteiger partial charge in [0.2, 0.25) is 5.91 Å². The predicted octanol–water partition coefficient (Wildman–Crippen LogP) is 3.32. The first-order chi connectivity index (χ1) is 13.9. The van der Waals surface area contributed by atoms with Crippen molar-refractivity contribution in [2.45, 2.75) is 65.0 Å². The van der Waals surface area contributed by atoms with Gasteiger partial charge in [0.15, 0.2) is 0 Å². The van der Waals surface area contributed by atoms with Crippen molar-refractivity contribution >= 4 is 12.0 Å². The molecule has 0 heterocycles. The summed E-state index contributed by atoms with van der Waals surface area (Å²) >= 11 is 0. The zero-order valence-electron chi connectivity index (χ0n) is 19.6. The Morgan fingerprint density at radius 3 is 2.17 bits per heavy atom. The molecule has 0 unspecified atom stereocenters. The van der Waals surface area contributed by atoms with Crippen molar-refractivity contribution in [2.24, 2.45) is 0 Å². The molecular weight excluding hydrogens is 382 g/mol. The van der Waals surface area contributed by atoms with E-state index in [1.54, 1.807) is 23.9 Å². The number of carbonyl (C=O) groups excluding carboxylic acids is 2. The minimum atomic E-state index is -0.530. The van der Waals surface area contributed by atoms with Crippen molar-refractivity contribution in [3.63, 3.8) is 0 Å². The lowest BCUT2D eigenvalue weighted by atomic mass is 9.93. The number of aliphatic hydroxyl groups is 1. The summed E-state index contributed by atoms with van der Waals surface area (Å²) in [6.07, 6.45) is 1.38. The van der Waals surface area contributed by atoms with Gasteiger partial charge in [0.1, 0.15) is 6.54 Å². The Morgan fingerprint density at radius 1 is 1.03 bits per heavy atom. The van der Waals surface area contributed by atoms with Crippen LogP contribution in [0.3, 0.4) is 0 Å². The Kier molecular flexibility index (Phi) is 9.78. The van der Waals surface area contributed by atoms with E-state index in [1.807, 2.05) is 65.0 Å². The molecule has 1 rings (SSSR count). The highest BCUT2D eigenvalue weighted by Gasteiger charge is 2.33.